The molecule has 32 heavy (non-hydrogen) atoms. The van der Waals surface area contributed by atoms with Crippen LogP contribution >= 0.6 is 0 Å². The summed E-state index contributed by atoms with van der Waals surface area (Å²) < 4.78 is 0. The molecule has 0 aliphatic carbocycles. The van der Waals surface area contributed by atoms with Gasteiger partial charge in [0.2, 0.25) is 5.95 Å². The molecule has 4 rings (SSSR count). The van der Waals surface area contributed by atoms with Crippen LogP contribution in [0.2, 0.25) is 0 Å². The highest BCUT2D eigenvalue weighted by atomic mass is 16.6. The molecule has 1 aliphatic rings. The van der Waals surface area contributed by atoms with E-state index in [-0.39, 0.29) is 23.0 Å². The zero-order valence-electron chi connectivity index (χ0n) is 16.7. The number of pyridine rings is 1. The number of nitro groups is 2. The molecule has 3 aromatic rings. The van der Waals surface area contributed by atoms with Gasteiger partial charge in [0, 0.05) is 24.4 Å². The quantitative estimate of drug-likeness (QED) is 0.419. The topological polar surface area (TPSA) is 149 Å². The molecule has 0 saturated carbocycles. The second-order valence-electron chi connectivity index (χ2n) is 6.95. The van der Waals surface area contributed by atoms with Crippen molar-refractivity contribution in [2.24, 2.45) is 4.99 Å². The van der Waals surface area contributed by atoms with Gasteiger partial charge < -0.3 is 5.32 Å². The highest BCUT2D eigenvalue weighted by Crippen LogP contribution is 2.33. The van der Waals surface area contributed by atoms with Crippen molar-refractivity contribution in [2.45, 2.75) is 12.0 Å². The Morgan fingerprint density at radius 3 is 2.41 bits per heavy atom. The Kier molecular flexibility index (Phi) is 5.62. The first kappa shape index (κ1) is 20.7. The van der Waals surface area contributed by atoms with E-state index in [0.29, 0.717) is 24.2 Å². The van der Waals surface area contributed by atoms with Gasteiger partial charge in [-0.2, -0.15) is 0 Å². The Bertz CT molecular complexity index is 1200. The van der Waals surface area contributed by atoms with Crippen molar-refractivity contribution in [2.75, 3.05) is 11.9 Å². The molecule has 0 amide bonds. The summed E-state index contributed by atoms with van der Waals surface area (Å²) in [6.07, 6.45) is 8.16. The number of rotatable bonds is 8. The Morgan fingerprint density at radius 2 is 1.78 bits per heavy atom. The summed E-state index contributed by atoms with van der Waals surface area (Å²) in [6.45, 7) is 0.381. The Morgan fingerprint density at radius 1 is 0.969 bits per heavy atom. The molecular weight excluding hydrogens is 414 g/mol. The lowest BCUT2D eigenvalue weighted by Crippen LogP contribution is -2.25. The van der Waals surface area contributed by atoms with Crippen molar-refractivity contribution >= 4 is 23.5 Å². The number of aromatic nitrogens is 3. The van der Waals surface area contributed by atoms with Gasteiger partial charge in [-0.15, -0.1) is 0 Å². The van der Waals surface area contributed by atoms with Crippen LogP contribution in [0.5, 0.6) is 0 Å². The fourth-order valence-electron chi connectivity index (χ4n) is 3.37. The van der Waals surface area contributed by atoms with Gasteiger partial charge in [0.25, 0.3) is 5.69 Å². The molecule has 1 N–H and O–H groups in total. The first-order valence-corrected chi connectivity index (χ1v) is 9.63. The first-order chi connectivity index (χ1) is 15.5. The van der Waals surface area contributed by atoms with Gasteiger partial charge in [0.05, 0.1) is 15.5 Å². The minimum atomic E-state index is -0.773. The van der Waals surface area contributed by atoms with Crippen LogP contribution in [0, 0.1) is 20.2 Å². The molecule has 1 aromatic carbocycles. The average molecular weight is 431 g/mol. The molecule has 0 saturated heterocycles. The lowest BCUT2D eigenvalue weighted by Gasteiger charge is -2.23. The van der Waals surface area contributed by atoms with Gasteiger partial charge in [0.15, 0.2) is 5.69 Å². The number of benzene rings is 1. The van der Waals surface area contributed by atoms with Crippen molar-refractivity contribution in [3.8, 4) is 11.3 Å². The van der Waals surface area contributed by atoms with E-state index in [4.69, 9.17) is 0 Å². The summed E-state index contributed by atoms with van der Waals surface area (Å²) in [5, 5.41) is 25.4. The average Bonchev–Trinajstić information content (AvgIpc) is 3.29. The Hall–Kier alpha value is -4.54. The minimum Gasteiger partial charge on any atom is -0.354 e. The van der Waals surface area contributed by atoms with Crippen LogP contribution in [0.4, 0.5) is 17.3 Å². The first-order valence-electron chi connectivity index (χ1n) is 9.63. The summed E-state index contributed by atoms with van der Waals surface area (Å²) in [5.74, 6) is 0.243. The van der Waals surface area contributed by atoms with Gasteiger partial charge in [0.1, 0.15) is 17.9 Å². The van der Waals surface area contributed by atoms with Crippen molar-refractivity contribution in [1.29, 1.82) is 0 Å². The molecule has 11 heteroatoms. The predicted molar refractivity (Wildman–Crippen MR) is 117 cm³/mol. The summed E-state index contributed by atoms with van der Waals surface area (Å²) in [5.41, 5.74) is 0.352. The van der Waals surface area contributed by atoms with E-state index in [1.54, 1.807) is 42.6 Å². The van der Waals surface area contributed by atoms with Crippen LogP contribution in [0.1, 0.15) is 12.1 Å². The van der Waals surface area contributed by atoms with Crippen LogP contribution in [0.3, 0.4) is 0 Å². The molecule has 1 unspecified atom stereocenters. The maximum Gasteiger partial charge on any atom is 0.313 e. The predicted octanol–water partition coefficient (Wildman–Crippen LogP) is 3.69. The van der Waals surface area contributed by atoms with E-state index in [1.807, 2.05) is 12.1 Å². The SMILES string of the molecule is O=[N+]([O-])c1ccc(C2(CCNc3ncc([N+](=O)[O-])c(-c4ccccc4)n3)C=CC=N2)nc1. The summed E-state index contributed by atoms with van der Waals surface area (Å²) >= 11 is 0. The molecule has 11 nitrogen and oxygen atoms in total. The Balaban J connectivity index is 1.53. The number of hydrogen-bond acceptors (Lipinski definition) is 9. The highest BCUT2D eigenvalue weighted by molar-refractivity contribution is 5.75. The van der Waals surface area contributed by atoms with Gasteiger partial charge >= 0.3 is 5.69 Å². The lowest BCUT2D eigenvalue weighted by molar-refractivity contribution is -0.385. The maximum absolute atomic E-state index is 11.4. The van der Waals surface area contributed by atoms with Crippen molar-refractivity contribution < 1.29 is 9.85 Å². The largest absolute Gasteiger partial charge is 0.354 e. The summed E-state index contributed by atoms with van der Waals surface area (Å²) in [7, 11) is 0. The molecule has 0 spiro atoms. The number of anilines is 1. The van der Waals surface area contributed by atoms with E-state index >= 15 is 0 Å². The normalized spacial score (nSPS) is 16.8. The second kappa shape index (κ2) is 8.68. The maximum atomic E-state index is 11.4. The smallest absolute Gasteiger partial charge is 0.313 e. The number of allylic oxidation sites excluding steroid dienone is 1. The second-order valence-corrected chi connectivity index (χ2v) is 6.95. The van der Waals surface area contributed by atoms with Crippen molar-refractivity contribution in [3.63, 3.8) is 0 Å². The third-order valence-corrected chi connectivity index (χ3v) is 4.97. The molecular formula is C21H17N7O4. The number of nitrogens with one attached hydrogen (secondary N) is 1. The monoisotopic (exact) mass is 431 g/mol. The number of hydrogen-bond donors (Lipinski definition) is 1. The van der Waals surface area contributed by atoms with Crippen molar-refractivity contribution in [1.82, 2.24) is 15.0 Å². The molecule has 1 atom stereocenters. The van der Waals surface area contributed by atoms with E-state index in [1.165, 1.54) is 18.5 Å². The van der Waals surface area contributed by atoms with Crippen LogP contribution < -0.4 is 5.32 Å². The van der Waals surface area contributed by atoms with E-state index in [9.17, 15) is 20.2 Å². The van der Waals surface area contributed by atoms with Gasteiger partial charge in [-0.1, -0.05) is 30.3 Å². The van der Waals surface area contributed by atoms with Crippen molar-refractivity contribution in [3.05, 3.63) is 92.9 Å². The molecule has 0 bridgehead atoms. The fraction of sp³-hybridized carbons (Fsp3) is 0.143. The zero-order valence-corrected chi connectivity index (χ0v) is 16.7. The van der Waals surface area contributed by atoms with Crippen LogP contribution in [-0.2, 0) is 5.54 Å². The van der Waals surface area contributed by atoms with E-state index in [2.05, 4.69) is 25.3 Å². The lowest BCUT2D eigenvalue weighted by atomic mass is 9.92. The molecule has 2 aromatic heterocycles. The molecule has 3 heterocycles. The van der Waals surface area contributed by atoms with Gasteiger partial charge in [-0.05, 0) is 24.6 Å². The third kappa shape index (κ3) is 4.17. The van der Waals surface area contributed by atoms with Gasteiger partial charge in [-0.3, -0.25) is 30.2 Å². The van der Waals surface area contributed by atoms with E-state index < -0.39 is 15.4 Å². The van der Waals surface area contributed by atoms with Gasteiger partial charge in [-0.25, -0.2) is 9.97 Å². The Labute approximate surface area is 181 Å². The molecule has 1 aliphatic heterocycles. The summed E-state index contributed by atoms with van der Waals surface area (Å²) in [6, 6.07) is 11.8. The summed E-state index contributed by atoms with van der Waals surface area (Å²) in [4.78, 5) is 38.4. The molecule has 0 radical (unpaired) electrons. The standard InChI is InChI=1S/C21H17N7O4/c29-27(30)16-7-8-18(23-13-16)21(9-4-11-25-21)10-12-22-20-24-14-17(28(31)32)19(26-20)15-5-2-1-3-6-15/h1-9,11,13-14H,10,12H2,(H,22,24,26). The third-order valence-electron chi connectivity index (χ3n) is 4.97. The fourth-order valence-corrected chi connectivity index (χ4v) is 3.37. The molecule has 0 fully saturated rings. The van der Waals surface area contributed by atoms with Crippen LogP contribution in [0.25, 0.3) is 11.3 Å². The zero-order chi connectivity index (χ0) is 22.6. The highest BCUT2D eigenvalue weighted by Gasteiger charge is 2.32. The minimum absolute atomic E-state index is 0.0966. The molecule has 160 valence electrons. The van der Waals surface area contributed by atoms with Crippen LogP contribution in [0.15, 0.2) is 72.0 Å². The number of aliphatic imine (C=N–C) groups is 1. The number of nitrogens with zero attached hydrogens (tertiary/aromatic N) is 6. The van der Waals surface area contributed by atoms with Crippen LogP contribution in [-0.4, -0.2) is 37.6 Å². The van der Waals surface area contributed by atoms with E-state index in [0.717, 1.165) is 0 Å².